The van der Waals surface area contributed by atoms with Crippen molar-refractivity contribution in [3.8, 4) is 0 Å². The van der Waals surface area contributed by atoms with Gasteiger partial charge >= 0.3 is 17.9 Å². The van der Waals surface area contributed by atoms with Gasteiger partial charge in [-0.1, -0.05) is 12.1 Å². The summed E-state index contributed by atoms with van der Waals surface area (Å²) < 4.78 is 4.80. The molecule has 0 amide bonds. The van der Waals surface area contributed by atoms with Crippen molar-refractivity contribution in [2.24, 2.45) is 0 Å². The molecule has 1 rings (SSSR count). The van der Waals surface area contributed by atoms with Crippen LogP contribution in [-0.4, -0.2) is 39.8 Å². The average molecular weight is 296 g/mol. The van der Waals surface area contributed by atoms with E-state index >= 15 is 0 Å². The lowest BCUT2D eigenvalue weighted by Gasteiger charge is -2.13. The first kappa shape index (κ1) is 16.6. The second kappa shape index (κ2) is 7.39. The van der Waals surface area contributed by atoms with Crippen molar-refractivity contribution >= 4 is 17.9 Å². The Morgan fingerprint density at radius 1 is 1.24 bits per heavy atom. The van der Waals surface area contributed by atoms with E-state index in [1.807, 2.05) is 0 Å². The SMILES string of the molecule is CCOC(=O)c1ccc(CCC(=O)O)cc1C(O)C(=O)O. The molecule has 1 atom stereocenters. The first-order valence-corrected chi connectivity index (χ1v) is 6.29. The number of esters is 1. The standard InChI is InChI=1S/C14H16O7/c1-2-21-14(20)9-5-3-8(4-6-11(15)16)7-10(9)12(17)13(18)19/h3,5,7,12,17H,2,4,6H2,1H3,(H,15,16)(H,18,19). The first-order valence-electron chi connectivity index (χ1n) is 6.29. The first-order chi connectivity index (χ1) is 9.86. The van der Waals surface area contributed by atoms with E-state index in [0.29, 0.717) is 5.56 Å². The summed E-state index contributed by atoms with van der Waals surface area (Å²) in [5, 5.41) is 27.2. The van der Waals surface area contributed by atoms with Gasteiger partial charge in [0.25, 0.3) is 0 Å². The molecule has 0 aliphatic heterocycles. The summed E-state index contributed by atoms with van der Waals surface area (Å²) in [6, 6.07) is 4.15. The van der Waals surface area contributed by atoms with Gasteiger partial charge in [-0.2, -0.15) is 0 Å². The molecule has 7 heteroatoms. The summed E-state index contributed by atoms with van der Waals surface area (Å²) in [6.45, 7) is 1.72. The lowest BCUT2D eigenvalue weighted by molar-refractivity contribution is -0.147. The highest BCUT2D eigenvalue weighted by atomic mass is 16.5. The number of carbonyl (C=O) groups excluding carboxylic acids is 1. The number of carboxylic acids is 2. The van der Waals surface area contributed by atoms with Crippen LogP contribution in [0.15, 0.2) is 18.2 Å². The van der Waals surface area contributed by atoms with Gasteiger partial charge in [-0.05, 0) is 25.0 Å². The third-order valence-corrected chi connectivity index (χ3v) is 2.77. The number of hydrogen-bond donors (Lipinski definition) is 3. The van der Waals surface area contributed by atoms with Crippen LogP contribution in [0.1, 0.15) is 40.9 Å². The van der Waals surface area contributed by atoms with E-state index < -0.39 is 24.0 Å². The van der Waals surface area contributed by atoms with E-state index in [2.05, 4.69) is 0 Å². The quantitative estimate of drug-likeness (QED) is 0.642. The summed E-state index contributed by atoms with van der Waals surface area (Å²) in [6.07, 6.45) is -1.85. The van der Waals surface area contributed by atoms with Crippen molar-refractivity contribution < 1.29 is 34.4 Å². The summed E-state index contributed by atoms with van der Waals surface area (Å²) >= 11 is 0. The molecule has 0 aromatic heterocycles. The third kappa shape index (κ3) is 4.57. The summed E-state index contributed by atoms with van der Waals surface area (Å²) in [7, 11) is 0. The molecule has 3 N–H and O–H groups in total. The maximum atomic E-state index is 11.7. The van der Waals surface area contributed by atoms with Gasteiger partial charge in [0.15, 0.2) is 6.10 Å². The molecular formula is C14H16O7. The Balaban J connectivity index is 3.16. The number of benzene rings is 1. The van der Waals surface area contributed by atoms with Crippen LogP contribution in [0.3, 0.4) is 0 Å². The predicted octanol–water partition coefficient (Wildman–Crippen LogP) is 0.998. The summed E-state index contributed by atoms with van der Waals surface area (Å²) in [5.74, 6) is -3.24. The minimum Gasteiger partial charge on any atom is -0.481 e. The van der Waals surface area contributed by atoms with Gasteiger partial charge in [0, 0.05) is 12.0 Å². The van der Waals surface area contributed by atoms with E-state index in [1.165, 1.54) is 18.2 Å². The van der Waals surface area contributed by atoms with Gasteiger partial charge in [0.05, 0.1) is 12.2 Å². The summed E-state index contributed by atoms with van der Waals surface area (Å²) in [4.78, 5) is 33.2. The molecule has 21 heavy (non-hydrogen) atoms. The van der Waals surface area contributed by atoms with Crippen LogP contribution < -0.4 is 0 Å². The fourth-order valence-electron chi connectivity index (χ4n) is 1.77. The number of aliphatic hydroxyl groups is 1. The number of ether oxygens (including phenoxy) is 1. The number of carboxylic acid groups (broad SMARTS) is 2. The predicted molar refractivity (Wildman–Crippen MR) is 71.0 cm³/mol. The van der Waals surface area contributed by atoms with Crippen molar-refractivity contribution in [2.75, 3.05) is 6.61 Å². The minimum absolute atomic E-state index is 0.0502. The number of hydrogen-bond acceptors (Lipinski definition) is 5. The molecule has 0 aliphatic rings. The van der Waals surface area contributed by atoms with Gasteiger partial charge in [-0.3, -0.25) is 4.79 Å². The fourth-order valence-corrected chi connectivity index (χ4v) is 1.77. The van der Waals surface area contributed by atoms with Gasteiger partial charge in [-0.25, -0.2) is 9.59 Å². The Bertz CT molecular complexity index is 550. The van der Waals surface area contributed by atoms with Crippen molar-refractivity contribution in [3.05, 3.63) is 34.9 Å². The fraction of sp³-hybridized carbons (Fsp3) is 0.357. The monoisotopic (exact) mass is 296 g/mol. The topological polar surface area (TPSA) is 121 Å². The van der Waals surface area contributed by atoms with E-state index in [1.54, 1.807) is 6.92 Å². The molecule has 0 radical (unpaired) electrons. The molecule has 1 aromatic rings. The van der Waals surface area contributed by atoms with E-state index in [9.17, 15) is 19.5 Å². The minimum atomic E-state index is -1.88. The molecule has 0 bridgehead atoms. The lowest BCUT2D eigenvalue weighted by Crippen LogP contribution is -2.17. The van der Waals surface area contributed by atoms with E-state index in [-0.39, 0.29) is 30.6 Å². The highest BCUT2D eigenvalue weighted by Gasteiger charge is 2.24. The van der Waals surface area contributed by atoms with Crippen LogP contribution in [0.5, 0.6) is 0 Å². The Kier molecular flexibility index (Phi) is 5.86. The second-order valence-electron chi connectivity index (χ2n) is 4.28. The number of aryl methyl sites for hydroxylation is 1. The smallest absolute Gasteiger partial charge is 0.338 e. The van der Waals surface area contributed by atoms with Crippen LogP contribution in [0.2, 0.25) is 0 Å². The maximum absolute atomic E-state index is 11.7. The third-order valence-electron chi connectivity index (χ3n) is 2.77. The van der Waals surface area contributed by atoms with Gasteiger partial charge in [-0.15, -0.1) is 0 Å². The van der Waals surface area contributed by atoms with Crippen LogP contribution in [0, 0.1) is 0 Å². The van der Waals surface area contributed by atoms with E-state index in [0.717, 1.165) is 0 Å². The molecule has 0 saturated carbocycles. The van der Waals surface area contributed by atoms with Crippen LogP contribution in [-0.2, 0) is 20.7 Å². The largest absolute Gasteiger partial charge is 0.481 e. The number of carbonyl (C=O) groups is 3. The van der Waals surface area contributed by atoms with Gasteiger partial charge in [0.2, 0.25) is 0 Å². The molecular weight excluding hydrogens is 280 g/mol. The second-order valence-corrected chi connectivity index (χ2v) is 4.28. The van der Waals surface area contributed by atoms with Crippen LogP contribution in [0.25, 0.3) is 0 Å². The number of rotatable bonds is 7. The Labute approximate surface area is 120 Å². The molecule has 7 nitrogen and oxygen atoms in total. The van der Waals surface area contributed by atoms with Crippen LogP contribution >= 0.6 is 0 Å². The molecule has 0 fully saturated rings. The highest BCUT2D eigenvalue weighted by Crippen LogP contribution is 2.22. The molecule has 0 heterocycles. The molecule has 1 aromatic carbocycles. The van der Waals surface area contributed by atoms with Crippen LogP contribution in [0.4, 0.5) is 0 Å². The van der Waals surface area contributed by atoms with E-state index in [4.69, 9.17) is 14.9 Å². The number of aliphatic carboxylic acids is 2. The molecule has 0 aliphatic carbocycles. The zero-order valence-electron chi connectivity index (χ0n) is 11.4. The zero-order valence-corrected chi connectivity index (χ0v) is 11.4. The Morgan fingerprint density at radius 2 is 1.90 bits per heavy atom. The van der Waals surface area contributed by atoms with Crippen molar-refractivity contribution in [1.29, 1.82) is 0 Å². The molecule has 114 valence electrons. The molecule has 0 spiro atoms. The maximum Gasteiger partial charge on any atom is 0.338 e. The molecule has 0 saturated heterocycles. The average Bonchev–Trinajstić information content (AvgIpc) is 2.44. The Hall–Kier alpha value is -2.41. The summed E-state index contributed by atoms with van der Waals surface area (Å²) in [5.41, 5.74) is 0.357. The lowest BCUT2D eigenvalue weighted by atomic mass is 9.97. The van der Waals surface area contributed by atoms with Gasteiger partial charge in [0.1, 0.15) is 0 Å². The molecule has 1 unspecified atom stereocenters. The highest BCUT2D eigenvalue weighted by molar-refractivity contribution is 5.93. The van der Waals surface area contributed by atoms with Crippen molar-refractivity contribution in [1.82, 2.24) is 0 Å². The Morgan fingerprint density at radius 3 is 2.43 bits per heavy atom. The normalized spacial score (nSPS) is 11.7. The number of aliphatic hydroxyl groups excluding tert-OH is 1. The zero-order chi connectivity index (χ0) is 16.0. The van der Waals surface area contributed by atoms with Crippen molar-refractivity contribution in [2.45, 2.75) is 25.9 Å². The van der Waals surface area contributed by atoms with Gasteiger partial charge < -0.3 is 20.1 Å². The van der Waals surface area contributed by atoms with Crippen molar-refractivity contribution in [3.63, 3.8) is 0 Å².